The van der Waals surface area contributed by atoms with Gasteiger partial charge in [0.1, 0.15) is 5.75 Å². The third-order valence-corrected chi connectivity index (χ3v) is 2.23. The van der Waals surface area contributed by atoms with Crippen molar-refractivity contribution in [1.82, 2.24) is 0 Å². The number of rotatable bonds is 4. The van der Waals surface area contributed by atoms with Crippen LogP contribution in [0.1, 0.15) is 15.9 Å². The smallest absolute Gasteiger partial charge is 0.429 e. The standard InChI is InChI=1S/C10H9ClF3NO2/c1-5-4-6(2-3-7(5)8(15)16)17-10(13,14)9(11)12/h2-4,9H,1H3,(H2,15,16). The summed E-state index contributed by atoms with van der Waals surface area (Å²) in [6.07, 6.45) is -4.14. The summed E-state index contributed by atoms with van der Waals surface area (Å²) in [5, 5.41) is 0. The van der Waals surface area contributed by atoms with Crippen LogP contribution in [-0.2, 0) is 0 Å². The lowest BCUT2D eigenvalue weighted by atomic mass is 10.1. The molecule has 0 bridgehead atoms. The number of benzene rings is 1. The van der Waals surface area contributed by atoms with Crippen molar-refractivity contribution in [2.45, 2.75) is 18.7 Å². The number of nitrogens with two attached hydrogens (primary N) is 1. The first-order valence-corrected chi connectivity index (χ1v) is 4.93. The molecule has 1 rings (SSSR count). The van der Waals surface area contributed by atoms with Crippen LogP contribution in [0, 0.1) is 6.92 Å². The van der Waals surface area contributed by atoms with E-state index in [1.165, 1.54) is 13.0 Å². The molecule has 1 amide bonds. The van der Waals surface area contributed by atoms with Crippen LogP contribution < -0.4 is 10.5 Å². The summed E-state index contributed by atoms with van der Waals surface area (Å²) in [5.74, 6) is -0.998. The number of carbonyl (C=O) groups excluding carboxylic acids is 1. The monoisotopic (exact) mass is 267 g/mol. The van der Waals surface area contributed by atoms with E-state index in [1.807, 2.05) is 0 Å². The number of ether oxygens (including phenoxy) is 1. The lowest BCUT2D eigenvalue weighted by Gasteiger charge is -2.18. The molecule has 0 radical (unpaired) electrons. The highest BCUT2D eigenvalue weighted by Gasteiger charge is 2.42. The Hall–Kier alpha value is -1.43. The fraction of sp³-hybridized carbons (Fsp3) is 0.300. The predicted molar refractivity (Wildman–Crippen MR) is 56.0 cm³/mol. The Morgan fingerprint density at radius 3 is 2.53 bits per heavy atom. The number of primary amides is 1. The fourth-order valence-electron chi connectivity index (χ4n) is 1.18. The molecule has 2 N–H and O–H groups in total. The van der Waals surface area contributed by atoms with Gasteiger partial charge in [0.2, 0.25) is 5.91 Å². The number of amides is 1. The molecule has 0 saturated carbocycles. The molecule has 7 heteroatoms. The van der Waals surface area contributed by atoms with Gasteiger partial charge in [0, 0.05) is 5.56 Å². The third-order valence-electron chi connectivity index (χ3n) is 1.97. The van der Waals surface area contributed by atoms with Crippen molar-refractivity contribution in [2.75, 3.05) is 0 Å². The molecule has 0 aromatic heterocycles. The molecule has 1 aromatic rings. The Morgan fingerprint density at radius 1 is 1.53 bits per heavy atom. The molecule has 0 spiro atoms. The summed E-state index contributed by atoms with van der Waals surface area (Å²) in [7, 11) is 0. The first-order valence-electron chi connectivity index (χ1n) is 4.49. The van der Waals surface area contributed by atoms with Gasteiger partial charge in [-0.2, -0.15) is 8.78 Å². The van der Waals surface area contributed by atoms with Gasteiger partial charge in [0.25, 0.3) is 5.63 Å². The molecule has 1 unspecified atom stereocenters. The fourth-order valence-corrected chi connectivity index (χ4v) is 1.22. The highest BCUT2D eigenvalue weighted by atomic mass is 35.5. The Balaban J connectivity index is 2.96. The molecule has 0 saturated heterocycles. The average molecular weight is 268 g/mol. The second kappa shape index (κ2) is 4.83. The van der Waals surface area contributed by atoms with Crippen molar-refractivity contribution in [3.05, 3.63) is 29.3 Å². The van der Waals surface area contributed by atoms with Gasteiger partial charge in [0.05, 0.1) is 0 Å². The molecule has 0 fully saturated rings. The van der Waals surface area contributed by atoms with E-state index < -0.39 is 17.6 Å². The number of aryl methyl sites for hydroxylation is 1. The van der Waals surface area contributed by atoms with Gasteiger partial charge in [-0.3, -0.25) is 4.79 Å². The first kappa shape index (κ1) is 13.6. The van der Waals surface area contributed by atoms with E-state index in [4.69, 9.17) is 5.73 Å². The van der Waals surface area contributed by atoms with E-state index >= 15 is 0 Å². The number of halogens is 4. The van der Waals surface area contributed by atoms with Gasteiger partial charge in [-0.25, -0.2) is 4.39 Å². The van der Waals surface area contributed by atoms with Gasteiger partial charge >= 0.3 is 6.11 Å². The maximum Gasteiger partial charge on any atom is 0.444 e. The molecule has 0 aliphatic rings. The van der Waals surface area contributed by atoms with E-state index in [2.05, 4.69) is 16.3 Å². The molecule has 17 heavy (non-hydrogen) atoms. The van der Waals surface area contributed by atoms with Gasteiger partial charge in [-0.05, 0) is 30.7 Å². The minimum Gasteiger partial charge on any atom is -0.429 e. The molecule has 0 aliphatic carbocycles. The third kappa shape index (κ3) is 3.26. The van der Waals surface area contributed by atoms with Crippen LogP contribution in [-0.4, -0.2) is 17.6 Å². The Morgan fingerprint density at radius 2 is 2.12 bits per heavy atom. The quantitative estimate of drug-likeness (QED) is 0.853. The van der Waals surface area contributed by atoms with Crippen LogP contribution in [0.4, 0.5) is 13.2 Å². The lowest BCUT2D eigenvalue weighted by Crippen LogP contribution is -2.32. The van der Waals surface area contributed by atoms with Crippen molar-refractivity contribution < 1.29 is 22.7 Å². The summed E-state index contributed by atoms with van der Waals surface area (Å²) >= 11 is 4.63. The van der Waals surface area contributed by atoms with Crippen molar-refractivity contribution in [2.24, 2.45) is 5.73 Å². The zero-order valence-electron chi connectivity index (χ0n) is 8.72. The number of carbonyl (C=O) groups is 1. The summed E-state index contributed by atoms with van der Waals surface area (Å²) < 4.78 is 42.0. The van der Waals surface area contributed by atoms with Crippen molar-refractivity contribution >= 4 is 17.5 Å². The zero-order valence-corrected chi connectivity index (χ0v) is 9.47. The highest BCUT2D eigenvalue weighted by molar-refractivity contribution is 6.20. The molecule has 1 atom stereocenters. The zero-order chi connectivity index (χ0) is 13.2. The van der Waals surface area contributed by atoms with E-state index in [0.717, 1.165) is 12.1 Å². The van der Waals surface area contributed by atoms with Crippen molar-refractivity contribution in [3.63, 3.8) is 0 Å². The SMILES string of the molecule is Cc1cc(OC(F)(F)C(F)Cl)ccc1C(N)=O. The van der Waals surface area contributed by atoms with Crippen molar-refractivity contribution in [3.8, 4) is 5.75 Å². The average Bonchev–Trinajstić information content (AvgIpc) is 2.15. The molecule has 0 heterocycles. The first-order chi connectivity index (χ1) is 7.74. The maximum absolute atomic E-state index is 12.8. The van der Waals surface area contributed by atoms with Crippen molar-refractivity contribution in [1.29, 1.82) is 0 Å². The van der Waals surface area contributed by atoms with E-state index in [0.29, 0.717) is 5.56 Å². The second-order valence-corrected chi connectivity index (χ2v) is 3.69. The van der Waals surface area contributed by atoms with Crippen LogP contribution in [0.5, 0.6) is 5.75 Å². The summed E-state index contributed by atoms with van der Waals surface area (Å²) in [4.78, 5) is 10.9. The largest absolute Gasteiger partial charge is 0.444 e. The van der Waals surface area contributed by atoms with E-state index in [9.17, 15) is 18.0 Å². The number of hydrogen-bond acceptors (Lipinski definition) is 2. The van der Waals surface area contributed by atoms with Crippen LogP contribution in [0.2, 0.25) is 0 Å². The molecule has 94 valence electrons. The minimum absolute atomic E-state index is 0.170. The Kier molecular flexibility index (Phi) is 3.87. The van der Waals surface area contributed by atoms with Gasteiger partial charge < -0.3 is 10.5 Å². The number of hydrogen-bond donors (Lipinski definition) is 1. The summed E-state index contributed by atoms with van der Waals surface area (Å²) in [6.45, 7) is 1.48. The second-order valence-electron chi connectivity index (χ2n) is 3.31. The van der Waals surface area contributed by atoms with Crippen LogP contribution >= 0.6 is 11.6 Å². The van der Waals surface area contributed by atoms with Crippen LogP contribution in [0.25, 0.3) is 0 Å². The van der Waals surface area contributed by atoms with Gasteiger partial charge in [-0.1, -0.05) is 11.6 Å². The molecule has 1 aromatic carbocycles. The topological polar surface area (TPSA) is 52.3 Å². The molecule has 0 aliphatic heterocycles. The minimum atomic E-state index is -4.14. The predicted octanol–water partition coefficient (Wildman–Crippen LogP) is 2.60. The summed E-state index contributed by atoms with van der Waals surface area (Å²) in [5.41, 5.74) is 2.58. The van der Waals surface area contributed by atoms with Gasteiger partial charge in [-0.15, -0.1) is 0 Å². The maximum atomic E-state index is 12.8. The lowest BCUT2D eigenvalue weighted by molar-refractivity contribution is -0.199. The molecular weight excluding hydrogens is 259 g/mol. The van der Waals surface area contributed by atoms with Gasteiger partial charge in [0.15, 0.2) is 0 Å². The normalized spacial score (nSPS) is 13.2. The molecular formula is C10H9ClF3NO2. The molecule has 3 nitrogen and oxygen atoms in total. The van der Waals surface area contributed by atoms with E-state index in [1.54, 1.807) is 0 Å². The summed E-state index contributed by atoms with van der Waals surface area (Å²) in [6, 6.07) is 3.44. The van der Waals surface area contributed by atoms with Crippen LogP contribution in [0.15, 0.2) is 18.2 Å². The van der Waals surface area contributed by atoms with Crippen LogP contribution in [0.3, 0.4) is 0 Å². The Bertz CT molecular complexity index is 438. The highest BCUT2D eigenvalue weighted by Crippen LogP contribution is 2.29. The van der Waals surface area contributed by atoms with E-state index in [-0.39, 0.29) is 11.3 Å². The number of alkyl halides is 4. The Labute approximate surface area is 100 Å².